The number of anilines is 2. The van der Waals surface area contributed by atoms with Gasteiger partial charge in [-0.05, 0) is 36.4 Å². The molecule has 8 heteroatoms. The number of halogens is 1. The maximum Gasteiger partial charge on any atom is 0.262 e. The van der Waals surface area contributed by atoms with Crippen molar-refractivity contribution in [3.05, 3.63) is 59.2 Å². The summed E-state index contributed by atoms with van der Waals surface area (Å²) < 4.78 is 18.5. The summed E-state index contributed by atoms with van der Waals surface area (Å²) in [5.74, 6) is -0.522. The number of hydrogen-bond donors (Lipinski definition) is 2. The van der Waals surface area contributed by atoms with Crippen molar-refractivity contribution in [1.82, 2.24) is 4.98 Å². The zero-order valence-corrected chi connectivity index (χ0v) is 14.1. The van der Waals surface area contributed by atoms with Gasteiger partial charge in [-0.25, -0.2) is 9.37 Å². The van der Waals surface area contributed by atoms with Gasteiger partial charge in [-0.2, -0.15) is 0 Å². The summed E-state index contributed by atoms with van der Waals surface area (Å²) in [6.07, 6.45) is 0. The Balaban J connectivity index is 1.54. The van der Waals surface area contributed by atoms with Gasteiger partial charge in [-0.1, -0.05) is 6.07 Å². The van der Waals surface area contributed by atoms with Gasteiger partial charge in [0.1, 0.15) is 11.6 Å². The monoisotopic (exact) mass is 369 g/mol. The van der Waals surface area contributed by atoms with Crippen molar-refractivity contribution in [2.45, 2.75) is 0 Å². The third kappa shape index (κ3) is 3.27. The van der Waals surface area contributed by atoms with E-state index in [9.17, 15) is 14.0 Å². The van der Waals surface area contributed by atoms with Gasteiger partial charge in [0.2, 0.25) is 0 Å². The number of nitrogens with one attached hydrogen (secondary N) is 2. The lowest BCUT2D eigenvalue weighted by Gasteiger charge is -2.18. The number of hydrogen-bond acceptors (Lipinski definition) is 5. The quantitative estimate of drug-likeness (QED) is 0.740. The van der Waals surface area contributed by atoms with Crippen LogP contribution in [0.2, 0.25) is 0 Å². The molecule has 130 valence electrons. The standard InChI is InChI=1S/C18H12FN3O3S/c19-12-3-1-2-11(6-12)17(24)22-18-21-14(9-26-18)10-4-5-15-13(7-10)20-16(23)8-25-15/h1-7,9H,8H2,(H,20,23)(H,21,22,24). The van der Waals surface area contributed by atoms with Crippen molar-refractivity contribution < 1.29 is 18.7 Å². The molecule has 0 aliphatic carbocycles. The number of thiazole rings is 1. The molecular formula is C18H12FN3O3S. The summed E-state index contributed by atoms with van der Waals surface area (Å²) >= 11 is 1.25. The summed E-state index contributed by atoms with van der Waals surface area (Å²) in [6, 6.07) is 10.8. The fourth-order valence-electron chi connectivity index (χ4n) is 2.51. The van der Waals surface area contributed by atoms with Crippen LogP contribution in [0, 0.1) is 5.82 Å². The molecule has 4 rings (SSSR count). The normalized spacial score (nSPS) is 12.7. The van der Waals surface area contributed by atoms with Gasteiger partial charge in [-0.15, -0.1) is 11.3 Å². The van der Waals surface area contributed by atoms with Crippen LogP contribution >= 0.6 is 11.3 Å². The first-order valence-electron chi connectivity index (χ1n) is 7.68. The molecule has 0 fully saturated rings. The van der Waals surface area contributed by atoms with E-state index in [-0.39, 0.29) is 18.1 Å². The maximum absolute atomic E-state index is 13.2. The highest BCUT2D eigenvalue weighted by atomic mass is 32.1. The summed E-state index contributed by atoms with van der Waals surface area (Å²) in [5.41, 5.74) is 2.22. The molecule has 0 spiro atoms. The fraction of sp³-hybridized carbons (Fsp3) is 0.0556. The Morgan fingerprint density at radius 2 is 2.15 bits per heavy atom. The molecular weight excluding hydrogens is 357 g/mol. The zero-order chi connectivity index (χ0) is 18.1. The molecule has 1 aliphatic heterocycles. The Hall–Kier alpha value is -3.26. The lowest BCUT2D eigenvalue weighted by molar-refractivity contribution is -0.118. The molecule has 2 amide bonds. The summed E-state index contributed by atoms with van der Waals surface area (Å²) in [4.78, 5) is 28.0. The Labute approximate surface area is 151 Å². The summed E-state index contributed by atoms with van der Waals surface area (Å²) in [5, 5.41) is 7.58. The predicted octanol–water partition coefficient (Wildman–Crippen LogP) is 3.53. The van der Waals surface area contributed by atoms with Crippen molar-refractivity contribution in [3.8, 4) is 17.0 Å². The first-order valence-corrected chi connectivity index (χ1v) is 8.56. The third-order valence-corrected chi connectivity index (χ3v) is 4.48. The van der Waals surface area contributed by atoms with Gasteiger partial charge < -0.3 is 10.1 Å². The number of aromatic nitrogens is 1. The second kappa shape index (κ2) is 6.57. The van der Waals surface area contributed by atoms with Gasteiger partial charge in [-0.3, -0.25) is 14.9 Å². The molecule has 0 unspecified atom stereocenters. The molecule has 1 aliphatic rings. The predicted molar refractivity (Wildman–Crippen MR) is 96.0 cm³/mol. The van der Waals surface area contributed by atoms with Crippen LogP contribution < -0.4 is 15.4 Å². The van der Waals surface area contributed by atoms with Crippen LogP contribution in [-0.2, 0) is 4.79 Å². The van der Waals surface area contributed by atoms with E-state index in [1.54, 1.807) is 17.5 Å². The molecule has 1 aromatic heterocycles. The van der Waals surface area contributed by atoms with E-state index in [4.69, 9.17) is 4.74 Å². The third-order valence-electron chi connectivity index (χ3n) is 3.72. The average Bonchev–Trinajstić information content (AvgIpc) is 3.09. The Morgan fingerprint density at radius 1 is 1.27 bits per heavy atom. The molecule has 26 heavy (non-hydrogen) atoms. The number of fused-ring (bicyclic) bond motifs is 1. The van der Waals surface area contributed by atoms with E-state index < -0.39 is 11.7 Å². The van der Waals surface area contributed by atoms with Crippen molar-refractivity contribution >= 4 is 34.0 Å². The maximum atomic E-state index is 13.2. The second-order valence-electron chi connectivity index (χ2n) is 5.55. The molecule has 6 nitrogen and oxygen atoms in total. The highest BCUT2D eigenvalue weighted by Crippen LogP contribution is 2.33. The van der Waals surface area contributed by atoms with Crippen LogP contribution in [0.4, 0.5) is 15.2 Å². The van der Waals surface area contributed by atoms with Crippen LogP contribution in [0.15, 0.2) is 47.8 Å². The number of carbonyl (C=O) groups excluding carboxylic acids is 2. The first kappa shape index (κ1) is 16.2. The van der Waals surface area contributed by atoms with Crippen LogP contribution in [0.1, 0.15) is 10.4 Å². The highest BCUT2D eigenvalue weighted by molar-refractivity contribution is 7.14. The van der Waals surface area contributed by atoms with E-state index in [0.29, 0.717) is 22.3 Å². The summed E-state index contributed by atoms with van der Waals surface area (Å²) in [6.45, 7) is -0.000687. The number of carbonyl (C=O) groups is 2. The van der Waals surface area contributed by atoms with E-state index in [0.717, 1.165) is 11.6 Å². The van der Waals surface area contributed by atoms with Crippen LogP contribution in [0.3, 0.4) is 0 Å². The smallest absolute Gasteiger partial charge is 0.262 e. The minimum atomic E-state index is -0.476. The van der Waals surface area contributed by atoms with Gasteiger partial charge in [0.15, 0.2) is 11.7 Å². The molecule has 0 bridgehead atoms. The number of rotatable bonds is 3. The van der Waals surface area contributed by atoms with Gasteiger partial charge >= 0.3 is 0 Å². The number of benzene rings is 2. The Kier molecular flexibility index (Phi) is 4.10. The molecule has 0 atom stereocenters. The molecule has 2 N–H and O–H groups in total. The van der Waals surface area contributed by atoms with Crippen LogP contribution in [0.5, 0.6) is 5.75 Å². The number of amides is 2. The van der Waals surface area contributed by atoms with E-state index in [1.165, 1.54) is 29.5 Å². The molecule has 2 heterocycles. The van der Waals surface area contributed by atoms with Crippen molar-refractivity contribution in [2.24, 2.45) is 0 Å². The van der Waals surface area contributed by atoms with E-state index in [1.807, 2.05) is 6.07 Å². The van der Waals surface area contributed by atoms with Crippen molar-refractivity contribution in [3.63, 3.8) is 0 Å². The number of ether oxygens (including phenoxy) is 1. The van der Waals surface area contributed by atoms with Crippen LogP contribution in [-0.4, -0.2) is 23.4 Å². The second-order valence-corrected chi connectivity index (χ2v) is 6.41. The molecule has 0 saturated carbocycles. The first-order chi connectivity index (χ1) is 12.6. The largest absolute Gasteiger partial charge is 0.482 e. The SMILES string of the molecule is O=C1COc2ccc(-c3csc(NC(=O)c4cccc(F)c4)n3)cc2N1. The van der Waals surface area contributed by atoms with Crippen molar-refractivity contribution in [2.75, 3.05) is 17.2 Å². The van der Waals surface area contributed by atoms with Gasteiger partial charge in [0, 0.05) is 16.5 Å². The molecule has 3 aromatic rings. The molecule has 2 aromatic carbocycles. The lowest BCUT2D eigenvalue weighted by Crippen LogP contribution is -2.25. The zero-order valence-electron chi connectivity index (χ0n) is 13.3. The minimum Gasteiger partial charge on any atom is -0.482 e. The van der Waals surface area contributed by atoms with E-state index >= 15 is 0 Å². The Morgan fingerprint density at radius 3 is 3.00 bits per heavy atom. The average molecular weight is 369 g/mol. The molecule has 0 radical (unpaired) electrons. The van der Waals surface area contributed by atoms with E-state index in [2.05, 4.69) is 15.6 Å². The minimum absolute atomic E-state index is 0.000687. The Bertz CT molecular complexity index is 1020. The topological polar surface area (TPSA) is 80.3 Å². The van der Waals surface area contributed by atoms with Crippen molar-refractivity contribution in [1.29, 1.82) is 0 Å². The lowest BCUT2D eigenvalue weighted by atomic mass is 10.1. The number of nitrogens with zero attached hydrogens (tertiary/aromatic N) is 1. The summed E-state index contributed by atoms with van der Waals surface area (Å²) in [7, 11) is 0. The van der Waals surface area contributed by atoms with Crippen LogP contribution in [0.25, 0.3) is 11.3 Å². The fourth-order valence-corrected chi connectivity index (χ4v) is 3.22. The van der Waals surface area contributed by atoms with Gasteiger partial charge in [0.25, 0.3) is 11.8 Å². The molecule has 0 saturated heterocycles. The highest BCUT2D eigenvalue weighted by Gasteiger charge is 2.17. The van der Waals surface area contributed by atoms with Gasteiger partial charge in [0.05, 0.1) is 11.4 Å².